The average molecular weight is 219 g/mol. The van der Waals surface area contributed by atoms with Gasteiger partial charge < -0.3 is 5.32 Å². The van der Waals surface area contributed by atoms with E-state index in [0.717, 1.165) is 18.2 Å². The second kappa shape index (κ2) is 5.94. The fraction of sp³-hybridized carbons (Fsp3) is 0.692. The summed E-state index contributed by atoms with van der Waals surface area (Å²) in [7, 11) is 0. The third-order valence-electron chi connectivity index (χ3n) is 3.58. The van der Waals surface area contributed by atoms with Crippen LogP contribution in [0.15, 0.2) is 18.6 Å². The third kappa shape index (κ3) is 3.27. The molecule has 1 aromatic heterocycles. The molecule has 0 amide bonds. The molecule has 3 heteroatoms. The van der Waals surface area contributed by atoms with Crippen LogP contribution in [-0.4, -0.2) is 16.0 Å². The van der Waals surface area contributed by atoms with Gasteiger partial charge in [-0.15, -0.1) is 0 Å². The smallest absolute Gasteiger partial charge is 0.0724 e. The molecule has 3 nitrogen and oxygen atoms in total. The molecule has 1 aromatic rings. The Hall–Kier alpha value is -0.960. The van der Waals surface area contributed by atoms with Crippen LogP contribution in [0.2, 0.25) is 0 Å². The van der Waals surface area contributed by atoms with Crippen LogP contribution in [0.4, 0.5) is 0 Å². The molecule has 0 aliphatic heterocycles. The Morgan fingerprint density at radius 1 is 1.31 bits per heavy atom. The number of hydrogen-bond acceptors (Lipinski definition) is 3. The Kier molecular flexibility index (Phi) is 4.28. The minimum absolute atomic E-state index is 0.599. The molecular formula is C13H21N3. The molecule has 0 bridgehead atoms. The van der Waals surface area contributed by atoms with Gasteiger partial charge in [0, 0.05) is 31.2 Å². The van der Waals surface area contributed by atoms with Crippen LogP contribution in [-0.2, 0) is 6.54 Å². The standard InChI is InChI=1S/C13H21N3/c1-11(12-5-3-2-4-6-12)16-10-13-9-14-7-8-15-13/h7-9,11-12,16H,2-6,10H2,1H3/t11-/m0/s1. The van der Waals surface area contributed by atoms with E-state index in [4.69, 9.17) is 0 Å². The molecule has 1 heterocycles. The third-order valence-corrected chi connectivity index (χ3v) is 3.58. The summed E-state index contributed by atoms with van der Waals surface area (Å²) in [6.45, 7) is 3.14. The zero-order valence-electron chi connectivity index (χ0n) is 10.0. The van der Waals surface area contributed by atoms with Crippen molar-refractivity contribution >= 4 is 0 Å². The second-order valence-corrected chi connectivity index (χ2v) is 4.76. The Bertz CT molecular complexity index is 293. The quantitative estimate of drug-likeness (QED) is 0.845. The predicted octanol–water partition coefficient (Wildman–Crippen LogP) is 2.54. The lowest BCUT2D eigenvalue weighted by Crippen LogP contribution is -2.34. The summed E-state index contributed by atoms with van der Waals surface area (Å²) in [6, 6.07) is 0.599. The molecular weight excluding hydrogens is 198 g/mol. The van der Waals surface area contributed by atoms with Crippen LogP contribution in [0, 0.1) is 5.92 Å². The fourth-order valence-electron chi connectivity index (χ4n) is 2.49. The topological polar surface area (TPSA) is 37.8 Å². The first kappa shape index (κ1) is 11.5. The Balaban J connectivity index is 1.76. The van der Waals surface area contributed by atoms with E-state index < -0.39 is 0 Å². The van der Waals surface area contributed by atoms with Crippen molar-refractivity contribution in [2.24, 2.45) is 5.92 Å². The first-order valence-electron chi connectivity index (χ1n) is 6.34. The van der Waals surface area contributed by atoms with E-state index in [1.165, 1.54) is 32.1 Å². The van der Waals surface area contributed by atoms with E-state index in [2.05, 4.69) is 22.2 Å². The molecule has 0 aromatic carbocycles. The van der Waals surface area contributed by atoms with Gasteiger partial charge in [-0.05, 0) is 25.7 Å². The summed E-state index contributed by atoms with van der Waals surface area (Å²) in [5, 5.41) is 3.57. The molecule has 1 aliphatic rings. The van der Waals surface area contributed by atoms with Gasteiger partial charge in [0.25, 0.3) is 0 Å². The van der Waals surface area contributed by atoms with Crippen LogP contribution < -0.4 is 5.32 Å². The Labute approximate surface area is 97.7 Å². The highest BCUT2D eigenvalue weighted by atomic mass is 14.9. The van der Waals surface area contributed by atoms with E-state index in [1.807, 2.05) is 6.20 Å². The molecule has 1 atom stereocenters. The van der Waals surface area contributed by atoms with Gasteiger partial charge in [-0.1, -0.05) is 19.3 Å². The summed E-state index contributed by atoms with van der Waals surface area (Å²) in [4.78, 5) is 8.34. The highest BCUT2D eigenvalue weighted by Crippen LogP contribution is 2.26. The highest BCUT2D eigenvalue weighted by molar-refractivity contribution is 4.94. The number of rotatable bonds is 4. The SMILES string of the molecule is C[C@H](NCc1cnccn1)C1CCCCC1. The van der Waals surface area contributed by atoms with Crippen molar-refractivity contribution in [2.45, 2.75) is 51.6 Å². The van der Waals surface area contributed by atoms with Crippen molar-refractivity contribution in [2.75, 3.05) is 0 Å². The summed E-state index contributed by atoms with van der Waals surface area (Å²) in [5.41, 5.74) is 1.03. The van der Waals surface area contributed by atoms with Gasteiger partial charge >= 0.3 is 0 Å². The normalized spacial score (nSPS) is 19.6. The molecule has 1 saturated carbocycles. The molecule has 16 heavy (non-hydrogen) atoms. The van der Waals surface area contributed by atoms with Crippen molar-refractivity contribution < 1.29 is 0 Å². The van der Waals surface area contributed by atoms with Gasteiger partial charge in [-0.25, -0.2) is 0 Å². The van der Waals surface area contributed by atoms with Gasteiger partial charge in [0.15, 0.2) is 0 Å². The van der Waals surface area contributed by atoms with E-state index >= 15 is 0 Å². The molecule has 1 fully saturated rings. The van der Waals surface area contributed by atoms with Crippen molar-refractivity contribution in [3.05, 3.63) is 24.3 Å². The van der Waals surface area contributed by atoms with Crippen molar-refractivity contribution in [3.63, 3.8) is 0 Å². The molecule has 1 aliphatic carbocycles. The minimum Gasteiger partial charge on any atom is -0.308 e. The molecule has 2 rings (SSSR count). The van der Waals surface area contributed by atoms with Crippen LogP contribution in [0.1, 0.15) is 44.7 Å². The predicted molar refractivity (Wildman–Crippen MR) is 64.9 cm³/mol. The molecule has 1 N–H and O–H groups in total. The summed E-state index contributed by atoms with van der Waals surface area (Å²) >= 11 is 0. The Morgan fingerprint density at radius 2 is 2.12 bits per heavy atom. The van der Waals surface area contributed by atoms with Crippen LogP contribution in [0.3, 0.4) is 0 Å². The monoisotopic (exact) mass is 219 g/mol. The van der Waals surface area contributed by atoms with Gasteiger partial charge in [-0.2, -0.15) is 0 Å². The van der Waals surface area contributed by atoms with Crippen molar-refractivity contribution in [1.29, 1.82) is 0 Å². The van der Waals surface area contributed by atoms with Gasteiger partial charge in [0.2, 0.25) is 0 Å². The molecule has 0 spiro atoms. The second-order valence-electron chi connectivity index (χ2n) is 4.76. The summed E-state index contributed by atoms with van der Waals surface area (Å²) < 4.78 is 0. The molecule has 88 valence electrons. The highest BCUT2D eigenvalue weighted by Gasteiger charge is 2.19. The first-order valence-corrected chi connectivity index (χ1v) is 6.34. The van der Waals surface area contributed by atoms with E-state index in [-0.39, 0.29) is 0 Å². The molecule has 0 saturated heterocycles. The minimum atomic E-state index is 0.599. The first-order chi connectivity index (χ1) is 7.86. The van der Waals surface area contributed by atoms with Gasteiger partial charge in [0.1, 0.15) is 0 Å². The molecule has 0 unspecified atom stereocenters. The average Bonchev–Trinajstić information content (AvgIpc) is 2.38. The maximum atomic E-state index is 4.27. The van der Waals surface area contributed by atoms with Gasteiger partial charge in [-0.3, -0.25) is 9.97 Å². The number of nitrogens with zero attached hydrogens (tertiary/aromatic N) is 2. The van der Waals surface area contributed by atoms with E-state index in [0.29, 0.717) is 6.04 Å². The summed E-state index contributed by atoms with van der Waals surface area (Å²) in [6.07, 6.45) is 12.3. The largest absolute Gasteiger partial charge is 0.308 e. The van der Waals surface area contributed by atoms with Crippen LogP contribution in [0.5, 0.6) is 0 Å². The van der Waals surface area contributed by atoms with Gasteiger partial charge in [0.05, 0.1) is 5.69 Å². The summed E-state index contributed by atoms with van der Waals surface area (Å²) in [5.74, 6) is 0.852. The maximum Gasteiger partial charge on any atom is 0.0724 e. The van der Waals surface area contributed by atoms with Crippen molar-refractivity contribution in [1.82, 2.24) is 15.3 Å². The zero-order valence-corrected chi connectivity index (χ0v) is 10.0. The van der Waals surface area contributed by atoms with Crippen LogP contribution in [0.25, 0.3) is 0 Å². The van der Waals surface area contributed by atoms with Crippen LogP contribution >= 0.6 is 0 Å². The maximum absolute atomic E-state index is 4.27. The lowest BCUT2D eigenvalue weighted by molar-refractivity contribution is 0.280. The van der Waals surface area contributed by atoms with E-state index in [1.54, 1.807) is 12.4 Å². The lowest BCUT2D eigenvalue weighted by Gasteiger charge is -2.28. The number of hydrogen-bond donors (Lipinski definition) is 1. The zero-order chi connectivity index (χ0) is 11.2. The fourth-order valence-corrected chi connectivity index (χ4v) is 2.49. The van der Waals surface area contributed by atoms with Crippen molar-refractivity contribution in [3.8, 4) is 0 Å². The van der Waals surface area contributed by atoms with E-state index in [9.17, 15) is 0 Å². The number of aromatic nitrogens is 2. The molecule has 0 radical (unpaired) electrons. The Morgan fingerprint density at radius 3 is 2.81 bits per heavy atom. The lowest BCUT2D eigenvalue weighted by atomic mass is 9.84. The number of nitrogens with one attached hydrogen (secondary N) is 1.